The molecule has 0 bridgehead atoms. The summed E-state index contributed by atoms with van der Waals surface area (Å²) in [6.45, 7) is 3.22. The number of likely N-dealkylation sites (tertiary alicyclic amines) is 1. The molecule has 1 spiro atoms. The fourth-order valence-electron chi connectivity index (χ4n) is 3.25. The Morgan fingerprint density at radius 1 is 1.43 bits per heavy atom. The van der Waals surface area contributed by atoms with E-state index in [2.05, 4.69) is 15.9 Å². The molecule has 2 aliphatic heterocycles. The van der Waals surface area contributed by atoms with E-state index in [4.69, 9.17) is 16.3 Å². The van der Waals surface area contributed by atoms with E-state index in [1.807, 2.05) is 11.8 Å². The Morgan fingerprint density at radius 3 is 2.78 bits per heavy atom. The molecule has 1 atom stereocenters. The lowest BCUT2D eigenvalue weighted by molar-refractivity contribution is -0.134. The number of hydrogen-bond acceptors (Lipinski definition) is 3. The van der Waals surface area contributed by atoms with Crippen LogP contribution in [0.25, 0.3) is 0 Å². The van der Waals surface area contributed by atoms with Gasteiger partial charge in [-0.2, -0.15) is 0 Å². The van der Waals surface area contributed by atoms with Gasteiger partial charge in [0.2, 0.25) is 5.91 Å². The standard InChI is InChI=1S/C17H19BrClNO3/c1-2-13(18)16(22)20-7-5-17(6-8-20)10-14(21)12-9-11(19)3-4-15(12)23-17/h3-4,9,13H,2,5-8,10H2,1H3. The van der Waals surface area contributed by atoms with Crippen LogP contribution in [-0.2, 0) is 4.79 Å². The number of benzene rings is 1. The van der Waals surface area contributed by atoms with Crippen molar-refractivity contribution in [3.8, 4) is 5.75 Å². The van der Waals surface area contributed by atoms with Crippen molar-refractivity contribution in [3.05, 3.63) is 28.8 Å². The molecule has 1 fully saturated rings. The van der Waals surface area contributed by atoms with Crippen molar-refractivity contribution < 1.29 is 14.3 Å². The Balaban J connectivity index is 1.73. The second-order valence-electron chi connectivity index (χ2n) is 6.23. The Morgan fingerprint density at radius 2 is 2.13 bits per heavy atom. The van der Waals surface area contributed by atoms with Gasteiger partial charge in [0.1, 0.15) is 11.4 Å². The molecule has 0 aliphatic carbocycles. The second-order valence-corrected chi connectivity index (χ2v) is 7.77. The first-order valence-corrected chi connectivity index (χ1v) is 9.18. The number of amides is 1. The first kappa shape index (κ1) is 16.8. The lowest BCUT2D eigenvalue weighted by atomic mass is 9.82. The van der Waals surface area contributed by atoms with Gasteiger partial charge in [-0.3, -0.25) is 9.59 Å². The maximum absolute atomic E-state index is 12.5. The summed E-state index contributed by atoms with van der Waals surface area (Å²) >= 11 is 9.37. The highest BCUT2D eigenvalue weighted by molar-refractivity contribution is 9.10. The molecule has 0 radical (unpaired) electrons. The van der Waals surface area contributed by atoms with Crippen LogP contribution in [0.5, 0.6) is 5.75 Å². The van der Waals surface area contributed by atoms with Gasteiger partial charge in [-0.15, -0.1) is 0 Å². The van der Waals surface area contributed by atoms with Crippen molar-refractivity contribution in [3.63, 3.8) is 0 Å². The first-order chi connectivity index (χ1) is 10.9. The third-order valence-corrected chi connectivity index (χ3v) is 5.94. The highest BCUT2D eigenvalue weighted by Gasteiger charge is 2.44. The summed E-state index contributed by atoms with van der Waals surface area (Å²) in [5.41, 5.74) is 0.0797. The number of ketones is 1. The summed E-state index contributed by atoms with van der Waals surface area (Å²) in [5, 5.41) is 0.542. The van der Waals surface area contributed by atoms with E-state index in [-0.39, 0.29) is 16.5 Å². The lowest BCUT2D eigenvalue weighted by Crippen LogP contribution is -2.53. The molecule has 3 rings (SSSR count). The number of alkyl halides is 1. The number of carbonyl (C=O) groups is 2. The fourth-order valence-corrected chi connectivity index (χ4v) is 3.71. The van der Waals surface area contributed by atoms with Gasteiger partial charge in [0.05, 0.1) is 16.8 Å². The Labute approximate surface area is 149 Å². The van der Waals surface area contributed by atoms with Gasteiger partial charge >= 0.3 is 0 Å². The molecule has 124 valence electrons. The maximum atomic E-state index is 12.5. The zero-order valence-corrected chi connectivity index (χ0v) is 15.3. The first-order valence-electron chi connectivity index (χ1n) is 7.89. The molecule has 1 amide bonds. The lowest BCUT2D eigenvalue weighted by Gasteiger charge is -2.44. The van der Waals surface area contributed by atoms with Crippen LogP contribution in [0.4, 0.5) is 0 Å². The minimum atomic E-state index is -0.483. The van der Waals surface area contributed by atoms with Crippen LogP contribution < -0.4 is 4.74 Å². The van der Waals surface area contributed by atoms with Crippen LogP contribution in [0, 0.1) is 0 Å². The van der Waals surface area contributed by atoms with Crippen LogP contribution in [-0.4, -0.2) is 40.1 Å². The summed E-state index contributed by atoms with van der Waals surface area (Å²) in [6, 6.07) is 5.17. The van der Waals surface area contributed by atoms with Gasteiger partial charge in [-0.25, -0.2) is 0 Å². The molecule has 0 N–H and O–H groups in total. The highest BCUT2D eigenvalue weighted by Crippen LogP contribution is 2.40. The number of rotatable bonds is 2. The normalized spacial score (nSPS) is 20.8. The maximum Gasteiger partial charge on any atom is 0.236 e. The molecule has 1 aromatic carbocycles. The molecule has 0 saturated carbocycles. The number of halogens is 2. The Bertz CT molecular complexity index is 641. The number of piperidine rings is 1. The number of ether oxygens (including phenoxy) is 1. The zero-order chi connectivity index (χ0) is 16.6. The molecule has 1 saturated heterocycles. The Hall–Kier alpha value is -1.07. The minimum absolute atomic E-state index is 0.0699. The number of Topliss-reactive ketones (excluding diaryl/α,β-unsaturated/α-hetero) is 1. The predicted octanol–water partition coefficient (Wildman–Crippen LogP) is 3.84. The van der Waals surface area contributed by atoms with Gasteiger partial charge in [-0.1, -0.05) is 34.5 Å². The van der Waals surface area contributed by atoms with E-state index in [1.54, 1.807) is 18.2 Å². The summed E-state index contributed by atoms with van der Waals surface area (Å²) in [6.07, 6.45) is 2.48. The van der Waals surface area contributed by atoms with Crippen LogP contribution in [0.1, 0.15) is 43.0 Å². The third-order valence-electron chi connectivity index (χ3n) is 4.66. The third kappa shape index (κ3) is 3.26. The second kappa shape index (κ2) is 6.44. The zero-order valence-electron chi connectivity index (χ0n) is 13.0. The van der Waals surface area contributed by atoms with Crippen LogP contribution >= 0.6 is 27.5 Å². The van der Waals surface area contributed by atoms with Crippen LogP contribution in [0.15, 0.2) is 18.2 Å². The van der Waals surface area contributed by atoms with Crippen molar-refractivity contribution in [1.29, 1.82) is 0 Å². The molecule has 1 unspecified atom stereocenters. The molecule has 2 heterocycles. The summed E-state index contributed by atoms with van der Waals surface area (Å²) in [4.78, 5) is 26.4. The van der Waals surface area contributed by atoms with Crippen LogP contribution in [0.3, 0.4) is 0 Å². The van der Waals surface area contributed by atoms with Gasteiger partial charge < -0.3 is 9.64 Å². The minimum Gasteiger partial charge on any atom is -0.486 e. The molecule has 23 heavy (non-hydrogen) atoms. The number of hydrogen-bond donors (Lipinski definition) is 0. The molecular formula is C17H19BrClNO3. The van der Waals surface area contributed by atoms with Crippen molar-refractivity contribution in [2.45, 2.75) is 43.0 Å². The summed E-state index contributed by atoms with van der Waals surface area (Å²) in [5.74, 6) is 0.800. The molecule has 4 nitrogen and oxygen atoms in total. The molecule has 2 aliphatic rings. The van der Waals surface area contributed by atoms with E-state index >= 15 is 0 Å². The van der Waals surface area contributed by atoms with Crippen molar-refractivity contribution in [2.75, 3.05) is 13.1 Å². The number of nitrogens with zero attached hydrogens (tertiary/aromatic N) is 1. The van der Waals surface area contributed by atoms with Crippen LogP contribution in [0.2, 0.25) is 5.02 Å². The summed E-state index contributed by atoms with van der Waals surface area (Å²) in [7, 11) is 0. The number of fused-ring (bicyclic) bond motifs is 1. The molecule has 0 aromatic heterocycles. The van der Waals surface area contributed by atoms with Gasteiger partial charge in [0.15, 0.2) is 5.78 Å². The van der Waals surface area contributed by atoms with Gasteiger partial charge in [0.25, 0.3) is 0 Å². The topological polar surface area (TPSA) is 46.6 Å². The van der Waals surface area contributed by atoms with Gasteiger partial charge in [-0.05, 0) is 24.6 Å². The van der Waals surface area contributed by atoms with Gasteiger partial charge in [0, 0.05) is 31.0 Å². The van der Waals surface area contributed by atoms with Crippen molar-refractivity contribution >= 4 is 39.2 Å². The number of carbonyl (C=O) groups excluding carboxylic acids is 2. The SMILES string of the molecule is CCC(Br)C(=O)N1CCC2(CC1)CC(=O)c1cc(Cl)ccc1O2. The van der Waals surface area contributed by atoms with E-state index < -0.39 is 5.60 Å². The van der Waals surface area contributed by atoms with E-state index in [0.29, 0.717) is 48.7 Å². The molecular weight excluding hydrogens is 382 g/mol. The van der Waals surface area contributed by atoms with Crippen molar-refractivity contribution in [2.24, 2.45) is 0 Å². The fraction of sp³-hybridized carbons (Fsp3) is 0.529. The average molecular weight is 401 g/mol. The smallest absolute Gasteiger partial charge is 0.236 e. The highest BCUT2D eigenvalue weighted by atomic mass is 79.9. The summed E-state index contributed by atoms with van der Waals surface area (Å²) < 4.78 is 6.17. The quantitative estimate of drug-likeness (QED) is 0.709. The largest absolute Gasteiger partial charge is 0.486 e. The van der Waals surface area contributed by atoms with E-state index in [0.717, 1.165) is 6.42 Å². The predicted molar refractivity (Wildman–Crippen MR) is 92.6 cm³/mol. The molecule has 6 heteroatoms. The average Bonchev–Trinajstić information content (AvgIpc) is 2.55. The van der Waals surface area contributed by atoms with E-state index in [1.165, 1.54) is 0 Å². The molecule has 1 aromatic rings. The van der Waals surface area contributed by atoms with E-state index in [9.17, 15) is 9.59 Å². The monoisotopic (exact) mass is 399 g/mol. The van der Waals surface area contributed by atoms with Crippen molar-refractivity contribution in [1.82, 2.24) is 4.90 Å². The Kier molecular flexibility index (Phi) is 4.70.